The third-order valence-corrected chi connectivity index (χ3v) is 3.54. The zero-order valence-corrected chi connectivity index (χ0v) is 11.3. The van der Waals surface area contributed by atoms with Gasteiger partial charge in [-0.1, -0.05) is 41.9 Å². The first-order chi connectivity index (χ1) is 9.24. The fraction of sp³-hybridized carbons (Fsp3) is 0.267. The number of hydrogen-bond acceptors (Lipinski definition) is 3. The Balaban J connectivity index is 1.91. The minimum atomic E-state index is 0.489. The zero-order valence-electron chi connectivity index (χ0n) is 10.6. The van der Waals surface area contributed by atoms with Crippen molar-refractivity contribution in [2.75, 3.05) is 10.6 Å². The number of nitrogens with zero attached hydrogens (tertiary/aromatic N) is 2. The van der Waals surface area contributed by atoms with Crippen LogP contribution in [0.5, 0.6) is 0 Å². The van der Waals surface area contributed by atoms with Crippen molar-refractivity contribution >= 4 is 23.1 Å². The quantitative estimate of drug-likeness (QED) is 0.867. The predicted molar refractivity (Wildman–Crippen MR) is 79.3 cm³/mol. The van der Waals surface area contributed by atoms with Crippen LogP contribution in [0.4, 0.5) is 11.5 Å². The van der Waals surface area contributed by atoms with E-state index in [1.54, 1.807) is 6.07 Å². The van der Waals surface area contributed by atoms with Crippen molar-refractivity contribution in [3.63, 3.8) is 0 Å². The van der Waals surface area contributed by atoms with Gasteiger partial charge in [-0.2, -0.15) is 0 Å². The fourth-order valence-electron chi connectivity index (χ4n) is 2.21. The molecule has 1 heterocycles. The summed E-state index contributed by atoms with van der Waals surface area (Å²) < 4.78 is 0. The van der Waals surface area contributed by atoms with E-state index >= 15 is 0 Å². The second-order valence-corrected chi connectivity index (χ2v) is 5.28. The predicted octanol–water partition coefficient (Wildman–Crippen LogP) is 3.49. The molecule has 1 fully saturated rings. The Morgan fingerprint density at radius 3 is 2.58 bits per heavy atom. The van der Waals surface area contributed by atoms with Crippen molar-refractivity contribution in [2.45, 2.75) is 25.4 Å². The van der Waals surface area contributed by atoms with Crippen LogP contribution >= 0.6 is 11.6 Å². The van der Waals surface area contributed by atoms with Gasteiger partial charge in [0.1, 0.15) is 5.15 Å². The van der Waals surface area contributed by atoms with Gasteiger partial charge < -0.3 is 10.6 Å². The highest BCUT2D eigenvalue weighted by atomic mass is 35.5. The molecule has 98 valence electrons. The van der Waals surface area contributed by atoms with Crippen molar-refractivity contribution in [1.82, 2.24) is 4.98 Å². The Morgan fingerprint density at radius 1 is 1.16 bits per heavy atom. The van der Waals surface area contributed by atoms with Crippen molar-refractivity contribution < 1.29 is 0 Å². The molecule has 1 aliphatic carbocycles. The lowest BCUT2D eigenvalue weighted by molar-refractivity contribution is 0.780. The topological polar surface area (TPSA) is 42.1 Å². The molecule has 3 nitrogen and oxygen atoms in total. The SMILES string of the molecule is Nc1ccc(Cl)nc1N(Cc1ccccc1)C1CC1. The van der Waals surface area contributed by atoms with Crippen LogP contribution in [0.1, 0.15) is 18.4 Å². The molecule has 0 amide bonds. The smallest absolute Gasteiger partial charge is 0.154 e. The summed E-state index contributed by atoms with van der Waals surface area (Å²) in [5.74, 6) is 0.804. The summed E-state index contributed by atoms with van der Waals surface area (Å²) in [5.41, 5.74) is 7.99. The molecule has 0 unspecified atom stereocenters. The average molecular weight is 274 g/mol. The number of nitrogens with two attached hydrogens (primary N) is 1. The van der Waals surface area contributed by atoms with Crippen molar-refractivity contribution in [2.24, 2.45) is 0 Å². The lowest BCUT2D eigenvalue weighted by atomic mass is 10.2. The fourth-order valence-corrected chi connectivity index (χ4v) is 2.35. The van der Waals surface area contributed by atoms with Crippen LogP contribution in [0.3, 0.4) is 0 Å². The molecule has 0 aliphatic heterocycles. The van der Waals surface area contributed by atoms with Crippen LogP contribution < -0.4 is 10.6 Å². The minimum absolute atomic E-state index is 0.489. The van der Waals surface area contributed by atoms with Gasteiger partial charge in [0.05, 0.1) is 5.69 Å². The molecule has 1 aliphatic rings. The lowest BCUT2D eigenvalue weighted by Gasteiger charge is -2.25. The van der Waals surface area contributed by atoms with Crippen LogP contribution in [-0.4, -0.2) is 11.0 Å². The van der Waals surface area contributed by atoms with E-state index in [1.807, 2.05) is 12.1 Å². The number of benzene rings is 1. The van der Waals surface area contributed by atoms with Gasteiger partial charge in [-0.15, -0.1) is 0 Å². The van der Waals surface area contributed by atoms with E-state index in [1.165, 1.54) is 18.4 Å². The molecule has 1 saturated carbocycles. The van der Waals surface area contributed by atoms with Crippen LogP contribution in [0, 0.1) is 0 Å². The number of halogens is 1. The van der Waals surface area contributed by atoms with E-state index in [-0.39, 0.29) is 0 Å². The first kappa shape index (κ1) is 12.3. The van der Waals surface area contributed by atoms with Gasteiger partial charge in [0.2, 0.25) is 0 Å². The second kappa shape index (κ2) is 5.10. The molecule has 19 heavy (non-hydrogen) atoms. The number of rotatable bonds is 4. The average Bonchev–Trinajstić information content (AvgIpc) is 3.25. The van der Waals surface area contributed by atoms with Gasteiger partial charge in [-0.3, -0.25) is 0 Å². The number of anilines is 2. The Kier molecular flexibility index (Phi) is 3.30. The van der Waals surface area contributed by atoms with Crippen LogP contribution in [0.15, 0.2) is 42.5 Å². The molecule has 1 aromatic carbocycles. The van der Waals surface area contributed by atoms with E-state index < -0.39 is 0 Å². The number of pyridine rings is 1. The van der Waals surface area contributed by atoms with Gasteiger partial charge in [0.15, 0.2) is 5.82 Å². The molecule has 2 N–H and O–H groups in total. The van der Waals surface area contributed by atoms with Gasteiger partial charge in [0, 0.05) is 12.6 Å². The summed E-state index contributed by atoms with van der Waals surface area (Å²) in [4.78, 5) is 6.66. The lowest BCUT2D eigenvalue weighted by Crippen LogP contribution is -2.27. The van der Waals surface area contributed by atoms with Gasteiger partial charge >= 0.3 is 0 Å². The van der Waals surface area contributed by atoms with E-state index in [9.17, 15) is 0 Å². The molecule has 0 radical (unpaired) electrons. The van der Waals surface area contributed by atoms with Crippen molar-refractivity contribution in [1.29, 1.82) is 0 Å². The number of aromatic nitrogens is 1. The first-order valence-corrected chi connectivity index (χ1v) is 6.84. The van der Waals surface area contributed by atoms with Gasteiger partial charge in [-0.05, 0) is 30.5 Å². The minimum Gasteiger partial charge on any atom is -0.396 e. The summed E-state index contributed by atoms with van der Waals surface area (Å²) in [6, 6.07) is 14.5. The summed E-state index contributed by atoms with van der Waals surface area (Å²) in [5, 5.41) is 0.489. The Hall–Kier alpha value is -1.74. The van der Waals surface area contributed by atoms with Crippen LogP contribution in [-0.2, 0) is 6.54 Å². The maximum Gasteiger partial charge on any atom is 0.154 e. The highest BCUT2D eigenvalue weighted by Gasteiger charge is 2.31. The Morgan fingerprint density at radius 2 is 1.89 bits per heavy atom. The molecule has 0 saturated heterocycles. The molecular weight excluding hydrogens is 258 g/mol. The maximum absolute atomic E-state index is 6.05. The van der Waals surface area contributed by atoms with Crippen molar-refractivity contribution in [3.8, 4) is 0 Å². The summed E-state index contributed by atoms with van der Waals surface area (Å²) in [7, 11) is 0. The molecule has 0 bridgehead atoms. The maximum atomic E-state index is 6.05. The van der Waals surface area contributed by atoms with E-state index in [0.29, 0.717) is 16.9 Å². The summed E-state index contributed by atoms with van der Waals surface area (Å²) in [6.45, 7) is 0.822. The summed E-state index contributed by atoms with van der Waals surface area (Å²) in [6.07, 6.45) is 2.39. The molecule has 0 spiro atoms. The second-order valence-electron chi connectivity index (χ2n) is 4.89. The monoisotopic (exact) mass is 273 g/mol. The molecule has 0 atom stereocenters. The number of hydrogen-bond donors (Lipinski definition) is 1. The van der Waals surface area contributed by atoms with E-state index in [2.05, 4.69) is 34.1 Å². The third kappa shape index (κ3) is 2.82. The van der Waals surface area contributed by atoms with Gasteiger partial charge in [0.25, 0.3) is 0 Å². The van der Waals surface area contributed by atoms with Crippen molar-refractivity contribution in [3.05, 3.63) is 53.2 Å². The normalized spacial score (nSPS) is 14.4. The van der Waals surface area contributed by atoms with Crippen LogP contribution in [0.25, 0.3) is 0 Å². The third-order valence-electron chi connectivity index (χ3n) is 3.33. The van der Waals surface area contributed by atoms with Gasteiger partial charge in [-0.25, -0.2) is 4.98 Å². The number of nitrogen functional groups attached to an aromatic ring is 1. The van der Waals surface area contributed by atoms with Crippen LogP contribution in [0.2, 0.25) is 5.15 Å². The van der Waals surface area contributed by atoms with E-state index in [0.717, 1.165) is 12.4 Å². The largest absolute Gasteiger partial charge is 0.396 e. The molecular formula is C15H16ClN3. The molecule has 3 rings (SSSR count). The Labute approximate surface area is 118 Å². The Bertz CT molecular complexity index is 567. The molecule has 4 heteroatoms. The standard InChI is InChI=1S/C15H16ClN3/c16-14-9-8-13(17)15(18-14)19(12-6-7-12)10-11-4-2-1-3-5-11/h1-5,8-9,12H,6-7,10,17H2. The summed E-state index contributed by atoms with van der Waals surface area (Å²) >= 11 is 6.00. The zero-order chi connectivity index (χ0) is 13.2. The first-order valence-electron chi connectivity index (χ1n) is 6.46. The molecule has 2 aromatic rings. The van der Waals surface area contributed by atoms with E-state index in [4.69, 9.17) is 17.3 Å². The highest BCUT2D eigenvalue weighted by molar-refractivity contribution is 6.29. The molecule has 1 aromatic heterocycles. The highest BCUT2D eigenvalue weighted by Crippen LogP contribution is 2.35.